The van der Waals surface area contributed by atoms with E-state index in [0.29, 0.717) is 38.3 Å². The normalized spacial score (nSPS) is 11.5. The number of nitrogens with one attached hydrogen (secondary N) is 1. The van der Waals surface area contributed by atoms with Gasteiger partial charge in [-0.25, -0.2) is 4.98 Å². The molecule has 4 aromatic rings. The summed E-state index contributed by atoms with van der Waals surface area (Å²) in [5.74, 6) is 1.66. The van der Waals surface area contributed by atoms with E-state index in [1.807, 2.05) is 30.3 Å². The molecule has 4 rings (SSSR count). The Labute approximate surface area is 158 Å². The van der Waals surface area contributed by atoms with Crippen LogP contribution >= 0.6 is 23.2 Å². The molecule has 0 aliphatic carbocycles. The Morgan fingerprint density at radius 2 is 1.81 bits per heavy atom. The van der Waals surface area contributed by atoms with E-state index in [9.17, 15) is 4.79 Å². The lowest BCUT2D eigenvalue weighted by Gasteiger charge is -2.01. The number of furan rings is 1. The minimum absolute atomic E-state index is 0.180. The van der Waals surface area contributed by atoms with Gasteiger partial charge in [-0.2, -0.15) is 0 Å². The van der Waals surface area contributed by atoms with Gasteiger partial charge in [0, 0.05) is 5.56 Å². The molecule has 0 atom stereocenters. The minimum atomic E-state index is -0.180. The van der Waals surface area contributed by atoms with Crippen LogP contribution in [0, 0.1) is 0 Å². The first kappa shape index (κ1) is 16.6. The minimum Gasteiger partial charge on any atom is -0.457 e. The molecule has 0 aliphatic heterocycles. The van der Waals surface area contributed by atoms with E-state index >= 15 is 0 Å². The average molecular weight is 383 g/mol. The van der Waals surface area contributed by atoms with E-state index in [-0.39, 0.29) is 5.56 Å². The molecule has 0 fully saturated rings. The summed E-state index contributed by atoms with van der Waals surface area (Å²) in [6.45, 7) is 0. The van der Waals surface area contributed by atoms with Crippen molar-refractivity contribution < 1.29 is 4.42 Å². The van der Waals surface area contributed by atoms with Crippen molar-refractivity contribution >= 4 is 46.3 Å². The second-order valence-electron chi connectivity index (χ2n) is 5.61. The molecule has 6 heteroatoms. The molecule has 4 nitrogen and oxygen atoms in total. The molecule has 26 heavy (non-hydrogen) atoms. The molecule has 0 unspecified atom stereocenters. The Hall–Kier alpha value is -2.82. The fourth-order valence-corrected chi connectivity index (χ4v) is 3.02. The number of nitrogens with zero attached hydrogens (tertiary/aromatic N) is 1. The van der Waals surface area contributed by atoms with E-state index in [2.05, 4.69) is 9.97 Å². The molecule has 128 valence electrons. The molecule has 2 aromatic carbocycles. The first-order valence-corrected chi connectivity index (χ1v) is 8.59. The van der Waals surface area contributed by atoms with Gasteiger partial charge >= 0.3 is 0 Å². The number of aromatic amines is 1. The summed E-state index contributed by atoms with van der Waals surface area (Å²) in [4.78, 5) is 19.3. The van der Waals surface area contributed by atoms with Crippen LogP contribution in [-0.4, -0.2) is 9.97 Å². The molecule has 0 radical (unpaired) electrons. The molecule has 0 amide bonds. The number of fused-ring (bicyclic) bond motifs is 1. The molecule has 0 saturated carbocycles. The van der Waals surface area contributed by atoms with Crippen LogP contribution in [0.1, 0.15) is 11.6 Å². The summed E-state index contributed by atoms with van der Waals surface area (Å²) in [5.41, 5.74) is 1.18. The van der Waals surface area contributed by atoms with Crippen molar-refractivity contribution in [2.45, 2.75) is 0 Å². The number of benzene rings is 2. The fourth-order valence-electron chi connectivity index (χ4n) is 2.63. The zero-order valence-corrected chi connectivity index (χ0v) is 14.9. The zero-order valence-electron chi connectivity index (χ0n) is 13.4. The van der Waals surface area contributed by atoms with Gasteiger partial charge in [-0.05, 0) is 48.6 Å². The summed E-state index contributed by atoms with van der Waals surface area (Å²) in [6, 6.07) is 16.2. The monoisotopic (exact) mass is 382 g/mol. The Kier molecular flexibility index (Phi) is 4.37. The van der Waals surface area contributed by atoms with E-state index < -0.39 is 0 Å². The molecule has 2 aromatic heterocycles. The fraction of sp³-hybridized carbons (Fsp3) is 0. The first-order valence-electron chi connectivity index (χ1n) is 7.83. The van der Waals surface area contributed by atoms with E-state index in [1.54, 1.807) is 36.4 Å². The maximum atomic E-state index is 12.1. The molecule has 0 saturated heterocycles. The molecule has 2 heterocycles. The Bertz CT molecular complexity index is 1190. The smallest absolute Gasteiger partial charge is 0.259 e. The molecular weight excluding hydrogens is 371 g/mol. The lowest BCUT2D eigenvalue weighted by atomic mass is 10.2. The third kappa shape index (κ3) is 3.17. The number of hydrogen-bond donors (Lipinski definition) is 1. The third-order valence-electron chi connectivity index (χ3n) is 3.88. The number of hydrogen-bond acceptors (Lipinski definition) is 3. The molecule has 0 spiro atoms. The predicted molar refractivity (Wildman–Crippen MR) is 105 cm³/mol. The highest BCUT2D eigenvalue weighted by Gasteiger charge is 2.10. The molecule has 0 aliphatic rings. The number of rotatable bonds is 3. The summed E-state index contributed by atoms with van der Waals surface area (Å²) in [5, 5.41) is 1.47. The summed E-state index contributed by atoms with van der Waals surface area (Å²) in [6.07, 6.45) is 3.42. The SMILES string of the molecule is O=c1[nH]c(/C=C/c2ccc(-c3cccc(Cl)c3Cl)o2)nc2ccccc12. The number of H-pyrrole nitrogens is 1. The summed E-state index contributed by atoms with van der Waals surface area (Å²) < 4.78 is 5.80. The van der Waals surface area contributed by atoms with Gasteiger partial charge in [-0.15, -0.1) is 0 Å². The van der Waals surface area contributed by atoms with E-state index in [1.165, 1.54) is 0 Å². The third-order valence-corrected chi connectivity index (χ3v) is 4.70. The largest absolute Gasteiger partial charge is 0.457 e. The van der Waals surface area contributed by atoms with Crippen LogP contribution in [0.3, 0.4) is 0 Å². The number of para-hydroxylation sites is 1. The van der Waals surface area contributed by atoms with Gasteiger partial charge in [0.05, 0.1) is 20.9 Å². The van der Waals surface area contributed by atoms with Crippen LogP contribution in [0.4, 0.5) is 0 Å². The lowest BCUT2D eigenvalue weighted by molar-refractivity contribution is 0.572. The van der Waals surface area contributed by atoms with Gasteiger partial charge in [0.25, 0.3) is 5.56 Å². The number of aromatic nitrogens is 2. The Balaban J connectivity index is 1.65. The van der Waals surface area contributed by atoms with Crippen molar-refractivity contribution in [3.05, 3.63) is 86.6 Å². The van der Waals surface area contributed by atoms with Gasteiger partial charge in [-0.3, -0.25) is 4.79 Å². The van der Waals surface area contributed by atoms with E-state index in [4.69, 9.17) is 27.6 Å². The number of halogens is 2. The van der Waals surface area contributed by atoms with Gasteiger partial charge in [0.2, 0.25) is 0 Å². The van der Waals surface area contributed by atoms with Gasteiger partial charge in [0.1, 0.15) is 17.3 Å². The predicted octanol–water partition coefficient (Wildman–Crippen LogP) is 5.66. The maximum absolute atomic E-state index is 12.1. The molecular formula is C20H12Cl2N2O2. The van der Waals surface area contributed by atoms with Crippen molar-refractivity contribution in [3.63, 3.8) is 0 Å². The van der Waals surface area contributed by atoms with Crippen LogP contribution in [0.5, 0.6) is 0 Å². The van der Waals surface area contributed by atoms with Crippen LogP contribution in [0.15, 0.2) is 63.8 Å². The summed E-state index contributed by atoms with van der Waals surface area (Å²) >= 11 is 12.3. The molecule has 1 N–H and O–H groups in total. The Morgan fingerprint density at radius 1 is 0.962 bits per heavy atom. The van der Waals surface area contributed by atoms with Crippen LogP contribution in [0.25, 0.3) is 34.4 Å². The van der Waals surface area contributed by atoms with Crippen LogP contribution < -0.4 is 5.56 Å². The van der Waals surface area contributed by atoms with Crippen molar-refractivity contribution in [2.24, 2.45) is 0 Å². The highest BCUT2D eigenvalue weighted by Crippen LogP contribution is 2.34. The van der Waals surface area contributed by atoms with Crippen molar-refractivity contribution in [1.29, 1.82) is 0 Å². The van der Waals surface area contributed by atoms with Crippen LogP contribution in [0.2, 0.25) is 10.0 Å². The summed E-state index contributed by atoms with van der Waals surface area (Å²) in [7, 11) is 0. The lowest BCUT2D eigenvalue weighted by Crippen LogP contribution is -2.09. The second kappa shape index (κ2) is 6.83. The quantitative estimate of drug-likeness (QED) is 0.497. The van der Waals surface area contributed by atoms with E-state index in [0.717, 1.165) is 5.56 Å². The second-order valence-corrected chi connectivity index (χ2v) is 6.39. The standard InChI is InChI=1S/C20H12Cl2N2O2/c21-15-6-3-5-14(19(15)22)17-10-8-12(26-17)9-11-18-23-16-7-2-1-4-13(16)20(25)24-18/h1-11H,(H,23,24,25)/b11-9+. The highest BCUT2D eigenvalue weighted by molar-refractivity contribution is 6.43. The Morgan fingerprint density at radius 3 is 2.69 bits per heavy atom. The average Bonchev–Trinajstić information content (AvgIpc) is 3.11. The first-order chi connectivity index (χ1) is 12.6. The zero-order chi connectivity index (χ0) is 18.1. The van der Waals surface area contributed by atoms with Gasteiger partial charge < -0.3 is 9.40 Å². The van der Waals surface area contributed by atoms with Crippen molar-refractivity contribution in [3.8, 4) is 11.3 Å². The van der Waals surface area contributed by atoms with Crippen molar-refractivity contribution in [2.75, 3.05) is 0 Å². The van der Waals surface area contributed by atoms with Crippen molar-refractivity contribution in [1.82, 2.24) is 9.97 Å². The molecule has 0 bridgehead atoms. The van der Waals surface area contributed by atoms with Gasteiger partial charge in [0.15, 0.2) is 0 Å². The van der Waals surface area contributed by atoms with Crippen LogP contribution in [-0.2, 0) is 0 Å². The highest BCUT2D eigenvalue weighted by atomic mass is 35.5. The maximum Gasteiger partial charge on any atom is 0.259 e. The van der Waals surface area contributed by atoms with Gasteiger partial charge in [-0.1, -0.05) is 41.4 Å². The topological polar surface area (TPSA) is 58.9 Å².